The highest BCUT2D eigenvalue weighted by Gasteiger charge is 2.27. The van der Waals surface area contributed by atoms with E-state index in [4.69, 9.17) is 13.7 Å². The Morgan fingerprint density at radius 1 is 1.17 bits per heavy atom. The third-order valence-electron chi connectivity index (χ3n) is 4.73. The zero-order chi connectivity index (χ0) is 20.4. The number of hydrogen-bond donors (Lipinski definition) is 2. The lowest BCUT2D eigenvalue weighted by Crippen LogP contribution is -2.17. The molecule has 0 fully saturated rings. The summed E-state index contributed by atoms with van der Waals surface area (Å²) in [5.41, 5.74) is 4.09. The maximum Gasteiger partial charge on any atom is 0.307 e. The second-order valence-electron chi connectivity index (χ2n) is 6.63. The minimum Gasteiger partial charge on any atom is -0.454 e. The lowest BCUT2D eigenvalue weighted by molar-refractivity contribution is 0.174. The van der Waals surface area contributed by atoms with Gasteiger partial charge in [0.15, 0.2) is 11.5 Å². The first-order valence-electron chi connectivity index (χ1n) is 9.19. The van der Waals surface area contributed by atoms with Crippen molar-refractivity contribution in [2.45, 2.75) is 25.3 Å². The van der Waals surface area contributed by atoms with Crippen LogP contribution in [0.5, 0.6) is 11.5 Å². The molecule has 0 bridgehead atoms. The summed E-state index contributed by atoms with van der Waals surface area (Å²) in [5.74, 6) is 2.36. The fourth-order valence-corrected chi connectivity index (χ4v) is 4.26. The molecule has 9 heteroatoms. The van der Waals surface area contributed by atoms with Crippen LogP contribution in [0.3, 0.4) is 0 Å². The van der Waals surface area contributed by atoms with Gasteiger partial charge in [-0.2, -0.15) is 9.82 Å². The monoisotopic (exact) mass is 414 g/mol. The van der Waals surface area contributed by atoms with Crippen LogP contribution in [-0.4, -0.2) is 28.7 Å². The number of aryl methyl sites for hydroxylation is 2. The summed E-state index contributed by atoms with van der Waals surface area (Å²) in [7, 11) is 3.61. The molecule has 3 heterocycles. The van der Waals surface area contributed by atoms with Gasteiger partial charge >= 0.3 is 11.4 Å². The standard InChI is InChI=1S/C20H24N5O3S/c1-13-20(14(2)25(3)23-13)24-29(26-4)16-6-8-19(22-11-16)21-10-15-5-7-17-18(9-15)28-12-27-17/h5-9,11,24H,10,12H2,1-4H3,(H,21,22)/q+1. The van der Waals surface area contributed by atoms with Crippen LogP contribution in [0.15, 0.2) is 41.4 Å². The summed E-state index contributed by atoms with van der Waals surface area (Å²) in [6.07, 6.45) is 1.82. The van der Waals surface area contributed by atoms with Crippen LogP contribution < -0.4 is 19.5 Å². The average molecular weight is 415 g/mol. The van der Waals surface area contributed by atoms with E-state index in [0.29, 0.717) is 6.54 Å². The minimum absolute atomic E-state index is 0.281. The van der Waals surface area contributed by atoms with Gasteiger partial charge in [0.2, 0.25) is 11.7 Å². The highest BCUT2D eigenvalue weighted by atomic mass is 32.2. The van der Waals surface area contributed by atoms with E-state index in [1.165, 1.54) is 0 Å². The second kappa shape index (κ2) is 8.22. The van der Waals surface area contributed by atoms with E-state index in [1.54, 1.807) is 7.11 Å². The molecular formula is C20H24N5O3S+. The van der Waals surface area contributed by atoms with Crippen LogP contribution in [0.1, 0.15) is 17.0 Å². The van der Waals surface area contributed by atoms with Crippen molar-refractivity contribution in [2.75, 3.05) is 23.9 Å². The Bertz CT molecular complexity index is 1010. The number of rotatable bonds is 7. The molecule has 0 aliphatic carbocycles. The smallest absolute Gasteiger partial charge is 0.307 e. The Kier molecular flexibility index (Phi) is 5.50. The molecule has 0 amide bonds. The van der Waals surface area contributed by atoms with E-state index >= 15 is 0 Å². The quantitative estimate of drug-likeness (QED) is 0.574. The van der Waals surface area contributed by atoms with Gasteiger partial charge in [-0.05, 0) is 37.6 Å². The van der Waals surface area contributed by atoms with Gasteiger partial charge in [-0.15, -0.1) is 4.18 Å². The third-order valence-corrected chi connectivity index (χ3v) is 6.12. The van der Waals surface area contributed by atoms with Gasteiger partial charge in [0.1, 0.15) is 11.5 Å². The number of anilines is 2. The predicted octanol–water partition coefficient (Wildman–Crippen LogP) is 3.34. The van der Waals surface area contributed by atoms with Gasteiger partial charge < -0.3 is 14.8 Å². The van der Waals surface area contributed by atoms with Crippen molar-refractivity contribution in [3.63, 3.8) is 0 Å². The van der Waals surface area contributed by atoms with Crippen LogP contribution in [0.25, 0.3) is 0 Å². The number of hydrogen-bond acceptors (Lipinski definition) is 7. The Hall–Kier alpha value is -2.91. The van der Waals surface area contributed by atoms with Gasteiger partial charge in [0, 0.05) is 19.7 Å². The number of nitrogens with zero attached hydrogens (tertiary/aromatic N) is 3. The molecule has 8 nitrogen and oxygen atoms in total. The average Bonchev–Trinajstić information content (AvgIpc) is 3.29. The minimum atomic E-state index is -0.625. The van der Waals surface area contributed by atoms with Crippen LogP contribution in [0, 0.1) is 13.8 Å². The summed E-state index contributed by atoms with van der Waals surface area (Å²) < 4.78 is 21.7. The van der Waals surface area contributed by atoms with Crippen molar-refractivity contribution in [1.82, 2.24) is 14.8 Å². The molecule has 1 aliphatic rings. The first-order valence-corrected chi connectivity index (χ1v) is 10.3. The Morgan fingerprint density at radius 3 is 2.69 bits per heavy atom. The zero-order valence-corrected chi connectivity index (χ0v) is 17.7. The molecule has 152 valence electrons. The van der Waals surface area contributed by atoms with E-state index in [9.17, 15) is 0 Å². The largest absolute Gasteiger partial charge is 0.454 e. The fraction of sp³-hybridized carbons (Fsp3) is 0.300. The molecule has 3 aromatic rings. The number of benzene rings is 1. The lowest BCUT2D eigenvalue weighted by atomic mass is 10.2. The molecule has 0 saturated carbocycles. The van der Waals surface area contributed by atoms with Crippen LogP contribution in [0.4, 0.5) is 11.5 Å². The summed E-state index contributed by atoms with van der Waals surface area (Å²) in [6.45, 7) is 4.93. The van der Waals surface area contributed by atoms with Gasteiger partial charge in [0.05, 0.1) is 24.7 Å². The second-order valence-corrected chi connectivity index (χ2v) is 8.17. The lowest BCUT2D eigenvalue weighted by Gasteiger charge is -2.08. The molecule has 29 heavy (non-hydrogen) atoms. The number of fused-ring (bicyclic) bond motifs is 1. The molecular weight excluding hydrogens is 390 g/mol. The Morgan fingerprint density at radius 2 is 2.00 bits per heavy atom. The first kappa shape index (κ1) is 19.4. The fourth-order valence-electron chi connectivity index (χ4n) is 3.05. The van der Waals surface area contributed by atoms with Gasteiger partial charge in [0.25, 0.3) is 0 Å². The van der Waals surface area contributed by atoms with Crippen molar-refractivity contribution in [3.8, 4) is 11.5 Å². The Balaban J connectivity index is 1.41. The third kappa shape index (κ3) is 4.10. The highest BCUT2D eigenvalue weighted by Crippen LogP contribution is 2.32. The highest BCUT2D eigenvalue weighted by molar-refractivity contribution is 7.93. The molecule has 0 radical (unpaired) electrons. The van der Waals surface area contributed by atoms with Crippen molar-refractivity contribution >= 4 is 22.9 Å². The molecule has 1 aromatic carbocycles. The summed E-state index contributed by atoms with van der Waals surface area (Å²) in [4.78, 5) is 5.49. The normalized spacial score (nSPS) is 13.4. The number of aromatic nitrogens is 3. The topological polar surface area (TPSA) is 82.5 Å². The van der Waals surface area contributed by atoms with Crippen LogP contribution in [0.2, 0.25) is 0 Å². The van der Waals surface area contributed by atoms with Crippen molar-refractivity contribution in [1.29, 1.82) is 0 Å². The summed E-state index contributed by atoms with van der Waals surface area (Å²) in [6, 6.07) is 9.88. The predicted molar refractivity (Wildman–Crippen MR) is 113 cm³/mol. The van der Waals surface area contributed by atoms with E-state index in [1.807, 2.05) is 62.1 Å². The SMILES string of the molecule is CO[S+](Nc1c(C)nn(C)c1C)c1ccc(NCc2ccc3c(c2)OCO3)nc1. The molecule has 0 saturated heterocycles. The molecule has 2 N–H and O–H groups in total. The molecule has 1 atom stereocenters. The number of nitrogens with one attached hydrogen (secondary N) is 2. The zero-order valence-electron chi connectivity index (χ0n) is 16.9. The van der Waals surface area contributed by atoms with Crippen molar-refractivity contribution in [3.05, 3.63) is 53.5 Å². The van der Waals surface area contributed by atoms with E-state index < -0.39 is 11.4 Å². The van der Waals surface area contributed by atoms with Gasteiger partial charge in [-0.1, -0.05) is 6.07 Å². The van der Waals surface area contributed by atoms with Crippen molar-refractivity contribution in [2.24, 2.45) is 7.05 Å². The molecule has 0 spiro atoms. The Labute approximate surface area is 172 Å². The van der Waals surface area contributed by atoms with Crippen LogP contribution in [-0.2, 0) is 29.1 Å². The maximum atomic E-state index is 5.66. The number of ether oxygens (including phenoxy) is 2. The van der Waals surface area contributed by atoms with E-state index in [0.717, 1.165) is 44.9 Å². The maximum absolute atomic E-state index is 5.66. The van der Waals surface area contributed by atoms with E-state index in [-0.39, 0.29) is 6.79 Å². The summed E-state index contributed by atoms with van der Waals surface area (Å²) in [5, 5.41) is 7.77. The molecule has 1 aliphatic heterocycles. The molecule has 1 unspecified atom stereocenters. The summed E-state index contributed by atoms with van der Waals surface area (Å²) >= 11 is -0.625. The number of pyridine rings is 1. The van der Waals surface area contributed by atoms with E-state index in [2.05, 4.69) is 20.1 Å². The van der Waals surface area contributed by atoms with Gasteiger partial charge in [-0.3, -0.25) is 4.68 Å². The van der Waals surface area contributed by atoms with Crippen molar-refractivity contribution < 1.29 is 13.7 Å². The first-order chi connectivity index (χ1) is 14.0. The molecule has 4 rings (SSSR count). The van der Waals surface area contributed by atoms with Gasteiger partial charge in [-0.25, -0.2) is 4.98 Å². The molecule has 2 aromatic heterocycles. The van der Waals surface area contributed by atoms with Crippen LogP contribution >= 0.6 is 0 Å².